The van der Waals surface area contributed by atoms with Crippen LogP contribution in [0.2, 0.25) is 0 Å². The van der Waals surface area contributed by atoms with Crippen molar-refractivity contribution in [1.29, 1.82) is 5.26 Å². The Bertz CT molecular complexity index is 763. The van der Waals surface area contributed by atoms with Crippen LogP contribution in [0, 0.1) is 11.3 Å². The van der Waals surface area contributed by atoms with Crippen LogP contribution >= 0.6 is 0 Å². The second kappa shape index (κ2) is 5.22. The molecule has 2 aromatic carbocycles. The van der Waals surface area contributed by atoms with E-state index < -0.39 is 0 Å². The molecule has 0 saturated carbocycles. The highest BCUT2D eigenvalue weighted by Crippen LogP contribution is 2.26. The van der Waals surface area contributed by atoms with Crippen LogP contribution in [-0.4, -0.2) is 4.57 Å². The average molecular weight is 260 g/mol. The summed E-state index contributed by atoms with van der Waals surface area (Å²) in [6, 6.07) is 20.8. The lowest BCUT2D eigenvalue weighted by atomic mass is 9.93. The van der Waals surface area contributed by atoms with Gasteiger partial charge in [0.15, 0.2) is 0 Å². The molecule has 98 valence electrons. The molecule has 0 spiro atoms. The molecule has 20 heavy (non-hydrogen) atoms. The van der Waals surface area contributed by atoms with Crippen LogP contribution in [0.5, 0.6) is 0 Å². The van der Waals surface area contributed by atoms with Gasteiger partial charge in [0.2, 0.25) is 0 Å². The standard InChI is InChI=1S/C18H16N2/c1-20-13-16(17-9-5-6-10-18(17)20)11-15(12-19)14-7-3-2-4-8-14/h2-10,13,15H,11H2,1H3. The van der Waals surface area contributed by atoms with Gasteiger partial charge in [0.1, 0.15) is 0 Å². The van der Waals surface area contributed by atoms with Gasteiger partial charge in [-0.05, 0) is 23.6 Å². The summed E-state index contributed by atoms with van der Waals surface area (Å²) < 4.78 is 2.13. The topological polar surface area (TPSA) is 28.7 Å². The van der Waals surface area contributed by atoms with Crippen LogP contribution in [0.3, 0.4) is 0 Å². The molecule has 3 aromatic rings. The SMILES string of the molecule is Cn1cc(CC(C#N)c2ccccc2)c2ccccc21. The van der Waals surface area contributed by atoms with Crippen molar-refractivity contribution in [2.24, 2.45) is 7.05 Å². The van der Waals surface area contributed by atoms with Gasteiger partial charge in [-0.3, -0.25) is 0 Å². The van der Waals surface area contributed by atoms with Gasteiger partial charge in [-0.25, -0.2) is 0 Å². The maximum absolute atomic E-state index is 9.46. The van der Waals surface area contributed by atoms with Crippen molar-refractivity contribution < 1.29 is 0 Å². The fourth-order valence-corrected chi connectivity index (χ4v) is 2.73. The number of aryl methyl sites for hydroxylation is 1. The van der Waals surface area contributed by atoms with E-state index in [1.165, 1.54) is 16.5 Å². The molecule has 2 heteroatoms. The fraction of sp³-hybridized carbons (Fsp3) is 0.167. The molecule has 0 bridgehead atoms. The number of nitrogens with zero attached hydrogens (tertiary/aromatic N) is 2. The normalized spacial score (nSPS) is 12.2. The lowest BCUT2D eigenvalue weighted by Gasteiger charge is -2.08. The van der Waals surface area contributed by atoms with Crippen molar-refractivity contribution in [3.63, 3.8) is 0 Å². The van der Waals surface area contributed by atoms with E-state index in [1.54, 1.807) is 0 Å². The summed E-state index contributed by atoms with van der Waals surface area (Å²) in [5.74, 6) is -0.0954. The quantitative estimate of drug-likeness (QED) is 0.699. The van der Waals surface area contributed by atoms with Gasteiger partial charge in [0, 0.05) is 24.1 Å². The highest BCUT2D eigenvalue weighted by molar-refractivity contribution is 5.84. The predicted molar refractivity (Wildman–Crippen MR) is 81.4 cm³/mol. The highest BCUT2D eigenvalue weighted by atomic mass is 14.9. The second-order valence-corrected chi connectivity index (χ2v) is 5.08. The van der Waals surface area contributed by atoms with Gasteiger partial charge in [0.05, 0.1) is 12.0 Å². The largest absolute Gasteiger partial charge is 0.350 e. The Balaban J connectivity index is 1.99. The van der Waals surface area contributed by atoms with Crippen LogP contribution in [0.25, 0.3) is 10.9 Å². The number of aromatic nitrogens is 1. The third-order valence-electron chi connectivity index (χ3n) is 3.76. The molecule has 1 unspecified atom stereocenters. The minimum atomic E-state index is -0.0954. The molecule has 1 aromatic heterocycles. The number of hydrogen-bond acceptors (Lipinski definition) is 1. The van der Waals surface area contributed by atoms with E-state index in [-0.39, 0.29) is 5.92 Å². The van der Waals surface area contributed by atoms with Crippen molar-refractivity contribution in [3.05, 3.63) is 71.9 Å². The molecule has 0 N–H and O–H groups in total. The van der Waals surface area contributed by atoms with Crippen molar-refractivity contribution in [1.82, 2.24) is 4.57 Å². The van der Waals surface area contributed by atoms with E-state index in [1.807, 2.05) is 36.4 Å². The molecule has 0 fully saturated rings. The number of rotatable bonds is 3. The first-order valence-corrected chi connectivity index (χ1v) is 6.77. The molecule has 0 aliphatic carbocycles. The molecule has 1 heterocycles. The third kappa shape index (κ3) is 2.19. The van der Waals surface area contributed by atoms with Gasteiger partial charge in [-0.1, -0.05) is 48.5 Å². The Labute approximate surface area is 118 Å². The molecule has 0 saturated heterocycles. The van der Waals surface area contributed by atoms with Gasteiger partial charge in [-0.15, -0.1) is 0 Å². The van der Waals surface area contributed by atoms with E-state index >= 15 is 0 Å². The molecule has 0 amide bonds. The maximum Gasteiger partial charge on any atom is 0.0753 e. The molecule has 0 aliphatic heterocycles. The molecule has 0 aliphatic rings. The van der Waals surface area contributed by atoms with Crippen LogP contribution in [0.1, 0.15) is 17.0 Å². The van der Waals surface area contributed by atoms with Crippen LogP contribution in [-0.2, 0) is 13.5 Å². The lowest BCUT2D eigenvalue weighted by Crippen LogP contribution is -1.99. The Morgan fingerprint density at radius 1 is 1.05 bits per heavy atom. The number of benzene rings is 2. The zero-order valence-electron chi connectivity index (χ0n) is 11.5. The van der Waals surface area contributed by atoms with Crippen molar-refractivity contribution in [2.75, 3.05) is 0 Å². The smallest absolute Gasteiger partial charge is 0.0753 e. The molecule has 0 radical (unpaired) electrons. The Hall–Kier alpha value is -2.53. The van der Waals surface area contributed by atoms with Crippen molar-refractivity contribution in [3.8, 4) is 6.07 Å². The summed E-state index contributed by atoms with van der Waals surface area (Å²) in [4.78, 5) is 0. The van der Waals surface area contributed by atoms with Gasteiger partial charge < -0.3 is 4.57 Å². The number of hydrogen-bond donors (Lipinski definition) is 0. The highest BCUT2D eigenvalue weighted by Gasteiger charge is 2.14. The molecular formula is C18H16N2. The van der Waals surface area contributed by atoms with Crippen LogP contribution in [0.4, 0.5) is 0 Å². The van der Waals surface area contributed by atoms with Crippen molar-refractivity contribution >= 4 is 10.9 Å². The van der Waals surface area contributed by atoms with Gasteiger partial charge >= 0.3 is 0 Å². The number of fused-ring (bicyclic) bond motifs is 1. The van der Waals surface area contributed by atoms with Gasteiger partial charge in [-0.2, -0.15) is 5.26 Å². The monoisotopic (exact) mass is 260 g/mol. The van der Waals surface area contributed by atoms with E-state index in [9.17, 15) is 5.26 Å². The van der Waals surface area contributed by atoms with Gasteiger partial charge in [0.25, 0.3) is 0 Å². The minimum absolute atomic E-state index is 0.0954. The zero-order chi connectivity index (χ0) is 13.9. The number of para-hydroxylation sites is 1. The average Bonchev–Trinajstić information content (AvgIpc) is 2.82. The first-order chi connectivity index (χ1) is 9.79. The molecule has 2 nitrogen and oxygen atoms in total. The first kappa shape index (κ1) is 12.5. The van der Waals surface area contributed by atoms with E-state index in [0.29, 0.717) is 0 Å². The van der Waals surface area contributed by atoms with E-state index in [4.69, 9.17) is 0 Å². The molecule has 1 atom stereocenters. The minimum Gasteiger partial charge on any atom is -0.350 e. The Kier molecular flexibility index (Phi) is 3.26. The van der Waals surface area contributed by atoms with E-state index in [2.05, 4.69) is 42.1 Å². The van der Waals surface area contributed by atoms with Crippen LogP contribution < -0.4 is 0 Å². The lowest BCUT2D eigenvalue weighted by molar-refractivity contribution is 0.845. The summed E-state index contributed by atoms with van der Waals surface area (Å²) in [6.07, 6.45) is 2.89. The second-order valence-electron chi connectivity index (χ2n) is 5.08. The van der Waals surface area contributed by atoms with Crippen molar-refractivity contribution in [2.45, 2.75) is 12.3 Å². The Morgan fingerprint density at radius 2 is 1.75 bits per heavy atom. The molecule has 3 rings (SSSR count). The summed E-state index contributed by atoms with van der Waals surface area (Å²) in [5.41, 5.74) is 3.54. The summed E-state index contributed by atoms with van der Waals surface area (Å²) in [7, 11) is 2.05. The fourth-order valence-electron chi connectivity index (χ4n) is 2.73. The Morgan fingerprint density at radius 3 is 2.50 bits per heavy atom. The van der Waals surface area contributed by atoms with E-state index in [0.717, 1.165) is 12.0 Å². The predicted octanol–water partition coefficient (Wildman–Crippen LogP) is 4.03. The summed E-state index contributed by atoms with van der Waals surface area (Å²) >= 11 is 0. The first-order valence-electron chi connectivity index (χ1n) is 6.77. The summed E-state index contributed by atoms with van der Waals surface area (Å²) in [5, 5.41) is 10.7. The number of nitriles is 1. The zero-order valence-corrected chi connectivity index (χ0v) is 11.5. The third-order valence-corrected chi connectivity index (χ3v) is 3.76. The molecular weight excluding hydrogens is 244 g/mol. The maximum atomic E-state index is 9.46. The summed E-state index contributed by atoms with van der Waals surface area (Å²) in [6.45, 7) is 0. The van der Waals surface area contributed by atoms with Crippen LogP contribution in [0.15, 0.2) is 60.8 Å².